The molecule has 2 atom stereocenters. The van der Waals surface area contributed by atoms with Gasteiger partial charge in [-0.25, -0.2) is 0 Å². The van der Waals surface area contributed by atoms with E-state index >= 15 is 0 Å². The third kappa shape index (κ3) is 1.67. The van der Waals surface area contributed by atoms with Gasteiger partial charge in [0, 0.05) is 0 Å². The normalized spacial score (nSPS) is 32.9. The molecule has 1 aromatic rings. The van der Waals surface area contributed by atoms with E-state index < -0.39 is 5.60 Å². The lowest BCUT2D eigenvalue weighted by Gasteiger charge is -2.37. The van der Waals surface area contributed by atoms with Crippen LogP contribution in [0.5, 0.6) is 0 Å². The maximum Gasteiger partial charge on any atom is 0.106 e. The Morgan fingerprint density at radius 2 is 1.93 bits per heavy atom. The molecule has 0 unspecified atom stereocenters. The van der Waals surface area contributed by atoms with Crippen LogP contribution in [0.1, 0.15) is 31.2 Å². The van der Waals surface area contributed by atoms with E-state index in [0.29, 0.717) is 0 Å². The standard InChI is InChI=1S/C12H15ClO/c13-11-8-4-5-9-12(11,14)10-6-2-1-3-7-10/h1-3,6-7,11,14H,4-5,8-9H2/t11-,12+/m1/s1. The molecule has 14 heavy (non-hydrogen) atoms. The summed E-state index contributed by atoms with van der Waals surface area (Å²) in [4.78, 5) is 0. The van der Waals surface area contributed by atoms with Gasteiger partial charge >= 0.3 is 0 Å². The van der Waals surface area contributed by atoms with E-state index in [0.717, 1.165) is 31.2 Å². The first-order valence-corrected chi connectivity index (χ1v) is 5.59. The highest BCUT2D eigenvalue weighted by atomic mass is 35.5. The van der Waals surface area contributed by atoms with Gasteiger partial charge < -0.3 is 5.11 Å². The molecular weight excluding hydrogens is 196 g/mol. The first-order valence-electron chi connectivity index (χ1n) is 5.15. The molecule has 0 saturated heterocycles. The van der Waals surface area contributed by atoms with Crippen LogP contribution in [0.2, 0.25) is 0 Å². The van der Waals surface area contributed by atoms with E-state index in [1.54, 1.807) is 0 Å². The van der Waals surface area contributed by atoms with Crippen LogP contribution in [0.15, 0.2) is 30.3 Å². The minimum absolute atomic E-state index is 0.140. The van der Waals surface area contributed by atoms with Crippen molar-refractivity contribution in [2.45, 2.75) is 36.7 Å². The molecule has 0 aromatic heterocycles. The Bertz CT molecular complexity index is 298. The summed E-state index contributed by atoms with van der Waals surface area (Å²) in [6.07, 6.45) is 3.88. The van der Waals surface area contributed by atoms with Crippen LogP contribution in [0.25, 0.3) is 0 Å². The summed E-state index contributed by atoms with van der Waals surface area (Å²) < 4.78 is 0. The maximum absolute atomic E-state index is 10.5. The van der Waals surface area contributed by atoms with E-state index in [9.17, 15) is 5.11 Å². The summed E-state index contributed by atoms with van der Waals surface area (Å²) >= 11 is 6.21. The molecule has 0 amide bonds. The lowest BCUT2D eigenvalue weighted by molar-refractivity contribution is 0.00381. The minimum Gasteiger partial charge on any atom is -0.384 e. The summed E-state index contributed by atoms with van der Waals surface area (Å²) in [7, 11) is 0. The lowest BCUT2D eigenvalue weighted by atomic mass is 9.79. The fourth-order valence-corrected chi connectivity index (χ4v) is 2.55. The number of hydrogen-bond donors (Lipinski definition) is 1. The fourth-order valence-electron chi connectivity index (χ4n) is 2.17. The second-order valence-electron chi connectivity index (χ2n) is 4.00. The summed E-state index contributed by atoms with van der Waals surface area (Å²) in [6.45, 7) is 0. The van der Waals surface area contributed by atoms with Gasteiger partial charge in [0.2, 0.25) is 0 Å². The summed E-state index contributed by atoms with van der Waals surface area (Å²) in [5, 5.41) is 10.3. The number of halogens is 1. The average molecular weight is 211 g/mol. The van der Waals surface area contributed by atoms with Crippen LogP contribution in [0.4, 0.5) is 0 Å². The van der Waals surface area contributed by atoms with Crippen LogP contribution >= 0.6 is 11.6 Å². The van der Waals surface area contributed by atoms with Gasteiger partial charge in [0.25, 0.3) is 0 Å². The first-order chi connectivity index (χ1) is 6.73. The van der Waals surface area contributed by atoms with Crippen molar-refractivity contribution < 1.29 is 5.11 Å². The molecule has 0 aliphatic heterocycles. The predicted molar refractivity (Wildman–Crippen MR) is 58.4 cm³/mol. The van der Waals surface area contributed by atoms with Crippen molar-refractivity contribution in [2.24, 2.45) is 0 Å². The molecule has 1 fully saturated rings. The Kier molecular flexibility index (Phi) is 2.80. The molecule has 0 spiro atoms. The topological polar surface area (TPSA) is 20.2 Å². The molecule has 1 nitrogen and oxygen atoms in total. The lowest BCUT2D eigenvalue weighted by Crippen LogP contribution is -2.38. The van der Waals surface area contributed by atoms with Crippen molar-refractivity contribution in [3.63, 3.8) is 0 Å². The van der Waals surface area contributed by atoms with E-state index in [-0.39, 0.29) is 5.38 Å². The quantitative estimate of drug-likeness (QED) is 0.707. The Morgan fingerprint density at radius 3 is 2.57 bits per heavy atom. The Hall–Kier alpha value is -0.530. The summed E-state index contributed by atoms with van der Waals surface area (Å²) in [5.74, 6) is 0. The first kappa shape index (κ1) is 10.0. The Labute approximate surface area is 89.7 Å². The number of hydrogen-bond acceptors (Lipinski definition) is 1. The fraction of sp³-hybridized carbons (Fsp3) is 0.500. The molecule has 1 N–H and O–H groups in total. The van der Waals surface area contributed by atoms with Crippen molar-refractivity contribution in [2.75, 3.05) is 0 Å². The van der Waals surface area contributed by atoms with Gasteiger partial charge in [0.1, 0.15) is 5.60 Å². The molecule has 1 aliphatic carbocycles. The maximum atomic E-state index is 10.5. The minimum atomic E-state index is -0.804. The molecule has 76 valence electrons. The molecule has 0 bridgehead atoms. The summed E-state index contributed by atoms with van der Waals surface area (Å²) in [5.41, 5.74) is 0.154. The molecule has 0 heterocycles. The van der Waals surface area contributed by atoms with Crippen LogP contribution in [0.3, 0.4) is 0 Å². The number of alkyl halides is 1. The molecule has 0 radical (unpaired) electrons. The van der Waals surface area contributed by atoms with Gasteiger partial charge in [-0.2, -0.15) is 0 Å². The van der Waals surface area contributed by atoms with Gasteiger partial charge in [-0.05, 0) is 18.4 Å². The zero-order valence-corrected chi connectivity index (χ0v) is 8.87. The highest BCUT2D eigenvalue weighted by Gasteiger charge is 2.38. The van der Waals surface area contributed by atoms with Gasteiger partial charge in [0.15, 0.2) is 0 Å². The molecular formula is C12H15ClO. The van der Waals surface area contributed by atoms with E-state index in [4.69, 9.17) is 11.6 Å². The monoisotopic (exact) mass is 210 g/mol. The molecule has 1 aromatic carbocycles. The zero-order chi connectivity index (χ0) is 10.0. The molecule has 1 aliphatic rings. The average Bonchev–Trinajstić information content (AvgIpc) is 2.24. The third-order valence-electron chi connectivity index (χ3n) is 3.06. The smallest absolute Gasteiger partial charge is 0.106 e. The van der Waals surface area contributed by atoms with Crippen molar-refractivity contribution in [3.8, 4) is 0 Å². The van der Waals surface area contributed by atoms with Crippen molar-refractivity contribution >= 4 is 11.6 Å². The third-order valence-corrected chi connectivity index (χ3v) is 3.64. The zero-order valence-electron chi connectivity index (χ0n) is 8.12. The van der Waals surface area contributed by atoms with Gasteiger partial charge in [-0.1, -0.05) is 43.2 Å². The second kappa shape index (κ2) is 3.92. The Morgan fingerprint density at radius 1 is 1.21 bits per heavy atom. The second-order valence-corrected chi connectivity index (χ2v) is 4.53. The van der Waals surface area contributed by atoms with Crippen LogP contribution in [-0.4, -0.2) is 10.5 Å². The number of benzene rings is 1. The van der Waals surface area contributed by atoms with Gasteiger partial charge in [-0.15, -0.1) is 11.6 Å². The largest absolute Gasteiger partial charge is 0.384 e. The predicted octanol–water partition coefficient (Wildman–Crippen LogP) is 3.06. The van der Waals surface area contributed by atoms with Crippen molar-refractivity contribution in [3.05, 3.63) is 35.9 Å². The summed E-state index contributed by atoms with van der Waals surface area (Å²) in [6, 6.07) is 9.78. The SMILES string of the molecule is O[C@]1(c2ccccc2)CCCC[C@H]1Cl. The highest BCUT2D eigenvalue weighted by molar-refractivity contribution is 6.21. The Balaban J connectivity index is 2.30. The van der Waals surface area contributed by atoms with Crippen LogP contribution in [-0.2, 0) is 5.60 Å². The van der Waals surface area contributed by atoms with E-state index in [1.807, 2.05) is 30.3 Å². The number of aliphatic hydroxyl groups is 1. The number of rotatable bonds is 1. The molecule has 2 heteroatoms. The van der Waals surface area contributed by atoms with Gasteiger partial charge in [0.05, 0.1) is 5.38 Å². The van der Waals surface area contributed by atoms with Crippen LogP contribution < -0.4 is 0 Å². The van der Waals surface area contributed by atoms with E-state index in [1.165, 1.54) is 0 Å². The molecule has 2 rings (SSSR count). The van der Waals surface area contributed by atoms with Crippen molar-refractivity contribution in [1.29, 1.82) is 0 Å². The van der Waals surface area contributed by atoms with Crippen molar-refractivity contribution in [1.82, 2.24) is 0 Å². The van der Waals surface area contributed by atoms with Gasteiger partial charge in [-0.3, -0.25) is 0 Å². The van der Waals surface area contributed by atoms with Crippen LogP contribution in [0, 0.1) is 0 Å². The highest BCUT2D eigenvalue weighted by Crippen LogP contribution is 2.40. The van der Waals surface area contributed by atoms with E-state index in [2.05, 4.69) is 0 Å². The molecule has 1 saturated carbocycles.